The molecule has 0 saturated carbocycles. The van der Waals surface area contributed by atoms with Crippen LogP contribution in [0, 0.1) is 0 Å². The fraction of sp³-hybridized carbons (Fsp3) is 0. The summed E-state index contributed by atoms with van der Waals surface area (Å²) in [4.78, 5) is 15.6. The van der Waals surface area contributed by atoms with Gasteiger partial charge in [0.2, 0.25) is 0 Å². The summed E-state index contributed by atoms with van der Waals surface area (Å²) in [7, 11) is 0. The van der Waals surface area contributed by atoms with Crippen LogP contribution in [0.2, 0.25) is 0 Å². The van der Waals surface area contributed by atoms with E-state index in [1.54, 1.807) is 0 Å². The lowest BCUT2D eigenvalue weighted by atomic mass is 9.92. The molecule has 0 spiro atoms. The van der Waals surface area contributed by atoms with Crippen molar-refractivity contribution in [2.45, 2.75) is 0 Å². The van der Waals surface area contributed by atoms with E-state index in [4.69, 9.17) is 23.8 Å². The molecule has 0 amide bonds. The van der Waals surface area contributed by atoms with Crippen LogP contribution in [0.1, 0.15) is 5.56 Å². The molecule has 0 fully saturated rings. The summed E-state index contributed by atoms with van der Waals surface area (Å²) in [6.07, 6.45) is 5.72. The van der Waals surface area contributed by atoms with Gasteiger partial charge in [0.25, 0.3) is 0 Å². The van der Waals surface area contributed by atoms with Crippen molar-refractivity contribution in [2.75, 3.05) is 0 Å². The van der Waals surface area contributed by atoms with Crippen LogP contribution in [0.5, 0.6) is 0 Å². The average Bonchev–Trinajstić information content (AvgIpc) is 4.01. The zero-order valence-electron chi connectivity index (χ0n) is 34.0. The Morgan fingerprint density at radius 2 is 1.00 bits per heavy atom. The van der Waals surface area contributed by atoms with E-state index in [0.29, 0.717) is 17.5 Å². The second kappa shape index (κ2) is 14.5. The van der Waals surface area contributed by atoms with Gasteiger partial charge in [-0.25, -0.2) is 15.0 Å². The van der Waals surface area contributed by atoms with Crippen molar-refractivity contribution in [1.82, 2.24) is 19.5 Å². The van der Waals surface area contributed by atoms with E-state index in [1.165, 1.54) is 0 Å². The van der Waals surface area contributed by atoms with Crippen LogP contribution >= 0.6 is 0 Å². The Morgan fingerprint density at radius 1 is 0.429 bits per heavy atom. The van der Waals surface area contributed by atoms with Crippen LogP contribution in [0.15, 0.2) is 216 Å². The molecule has 6 heteroatoms. The summed E-state index contributed by atoms with van der Waals surface area (Å²) in [5, 5.41) is 6.44. The highest BCUT2D eigenvalue weighted by Crippen LogP contribution is 2.44. The van der Waals surface area contributed by atoms with Gasteiger partial charge in [-0.15, -0.1) is 0 Å². The van der Waals surface area contributed by atoms with Crippen LogP contribution in [0.4, 0.5) is 0 Å². The van der Waals surface area contributed by atoms with E-state index in [-0.39, 0.29) is 0 Å². The fourth-order valence-electron chi connectivity index (χ4n) is 9.10. The third kappa shape index (κ3) is 5.92. The van der Waals surface area contributed by atoms with Crippen molar-refractivity contribution in [3.8, 4) is 51.0 Å². The number of nitrogens with zero attached hydrogens (tertiary/aromatic N) is 4. The first-order valence-corrected chi connectivity index (χ1v) is 20.9. The minimum atomic E-state index is 0.532. The molecule has 8 aromatic carbocycles. The van der Waals surface area contributed by atoms with Gasteiger partial charge in [-0.2, -0.15) is 0 Å². The highest BCUT2D eigenvalue weighted by atomic mass is 16.3. The van der Waals surface area contributed by atoms with Gasteiger partial charge in [-0.05, 0) is 65.7 Å². The summed E-state index contributed by atoms with van der Waals surface area (Å²) in [5.41, 5.74) is 12.8. The minimum absolute atomic E-state index is 0.532. The third-order valence-electron chi connectivity index (χ3n) is 12.0. The molecular weight excluding hydrogens is 773 g/mol. The molecule has 0 saturated heterocycles. The van der Waals surface area contributed by atoms with E-state index < -0.39 is 0 Å². The Hall–Kier alpha value is -8.61. The average molecular weight is 809 g/mol. The van der Waals surface area contributed by atoms with Gasteiger partial charge in [-0.3, -0.25) is 0 Å². The number of para-hydroxylation sites is 3. The molecule has 12 rings (SSSR count). The molecule has 296 valence electrons. The molecule has 0 N–H and O–H groups in total. The zero-order chi connectivity index (χ0) is 42.0. The topological polar surface area (TPSA) is 69.9 Å². The normalized spacial score (nSPS) is 12.0. The molecule has 4 heterocycles. The van der Waals surface area contributed by atoms with Crippen LogP contribution in [-0.4, -0.2) is 19.5 Å². The van der Waals surface area contributed by atoms with Crippen molar-refractivity contribution < 1.29 is 8.83 Å². The van der Waals surface area contributed by atoms with Gasteiger partial charge in [0.15, 0.2) is 17.5 Å². The third-order valence-corrected chi connectivity index (χ3v) is 12.0. The van der Waals surface area contributed by atoms with E-state index in [0.717, 1.165) is 110 Å². The van der Waals surface area contributed by atoms with Crippen molar-refractivity contribution in [2.24, 2.45) is 0 Å². The van der Waals surface area contributed by atoms with Crippen molar-refractivity contribution >= 4 is 71.3 Å². The number of furan rings is 2. The number of hydrogen-bond acceptors (Lipinski definition) is 5. The van der Waals surface area contributed by atoms with Crippen LogP contribution in [-0.2, 0) is 0 Å². The second-order valence-electron chi connectivity index (χ2n) is 15.6. The molecule has 0 atom stereocenters. The number of allylic oxidation sites excluding steroid dienone is 4. The Bertz CT molecular complexity index is 3830. The highest BCUT2D eigenvalue weighted by molar-refractivity contribution is 6.18. The molecule has 63 heavy (non-hydrogen) atoms. The van der Waals surface area contributed by atoms with Crippen LogP contribution < -0.4 is 0 Å². The maximum atomic E-state index is 6.44. The second-order valence-corrected chi connectivity index (χ2v) is 15.6. The molecule has 0 unspecified atom stereocenters. The summed E-state index contributed by atoms with van der Waals surface area (Å²) in [5.74, 6) is 1.64. The fourth-order valence-corrected chi connectivity index (χ4v) is 9.10. The molecule has 0 aliphatic rings. The van der Waals surface area contributed by atoms with Gasteiger partial charge in [-0.1, -0.05) is 153 Å². The first kappa shape index (κ1) is 36.3. The number of fused-ring (bicyclic) bond motifs is 9. The first-order chi connectivity index (χ1) is 31.1. The Kier molecular flexibility index (Phi) is 8.37. The minimum Gasteiger partial charge on any atom is -0.456 e. The number of aromatic nitrogens is 4. The lowest BCUT2D eigenvalue weighted by Gasteiger charge is -2.21. The molecule has 0 aliphatic carbocycles. The summed E-state index contributed by atoms with van der Waals surface area (Å²) in [6, 6.07) is 60.5. The van der Waals surface area contributed by atoms with Crippen LogP contribution in [0.25, 0.3) is 122 Å². The van der Waals surface area contributed by atoms with Crippen molar-refractivity contribution in [1.29, 1.82) is 0 Å². The van der Waals surface area contributed by atoms with E-state index in [9.17, 15) is 0 Å². The molecule has 0 bridgehead atoms. The summed E-state index contributed by atoms with van der Waals surface area (Å²) in [6.45, 7) is 8.46. The molecule has 6 nitrogen and oxygen atoms in total. The van der Waals surface area contributed by atoms with Gasteiger partial charge >= 0.3 is 0 Å². The smallest absolute Gasteiger partial charge is 0.164 e. The lowest BCUT2D eigenvalue weighted by Crippen LogP contribution is -2.05. The Morgan fingerprint density at radius 3 is 1.70 bits per heavy atom. The Balaban J connectivity index is 1.17. The standard InChI is InChI=1S/C57H36N4O2/c1-3-17-35(4-2)44-30-39(57-59-55(37-20-9-6-10-21-37)58-56(60-57)38-28-29-43-41-23-12-15-26-50(41)62-52(43)32-38)31-45(36-18-7-5-8-19-36)54(44)61-48-25-14-11-22-40(48)46-34-53-47(33-49(46)61)42-24-13-16-27-51(42)63-53/h3-34H,1-2H2/b35-17+. The lowest BCUT2D eigenvalue weighted by molar-refractivity contribution is 0.669. The van der Waals surface area contributed by atoms with Crippen molar-refractivity contribution in [3.05, 3.63) is 213 Å². The van der Waals surface area contributed by atoms with E-state index in [1.807, 2.05) is 91.0 Å². The van der Waals surface area contributed by atoms with Crippen molar-refractivity contribution in [3.63, 3.8) is 0 Å². The molecule has 0 radical (unpaired) electrons. The van der Waals surface area contributed by atoms with Gasteiger partial charge in [0.1, 0.15) is 22.3 Å². The molecule has 12 aromatic rings. The predicted octanol–water partition coefficient (Wildman–Crippen LogP) is 15.2. The van der Waals surface area contributed by atoms with E-state index in [2.05, 4.69) is 121 Å². The highest BCUT2D eigenvalue weighted by Gasteiger charge is 2.24. The first-order valence-electron chi connectivity index (χ1n) is 20.9. The number of hydrogen-bond donors (Lipinski definition) is 0. The monoisotopic (exact) mass is 808 g/mol. The quantitative estimate of drug-likeness (QED) is 0.143. The summed E-state index contributed by atoms with van der Waals surface area (Å²) < 4.78 is 15.2. The van der Waals surface area contributed by atoms with Crippen LogP contribution in [0.3, 0.4) is 0 Å². The van der Waals surface area contributed by atoms with Gasteiger partial charge in [0, 0.05) is 60.1 Å². The predicted molar refractivity (Wildman–Crippen MR) is 259 cm³/mol. The van der Waals surface area contributed by atoms with E-state index >= 15 is 0 Å². The molecule has 0 aliphatic heterocycles. The molecular formula is C57H36N4O2. The SMILES string of the molecule is C=C/C=C(\C=C)c1cc(-c2nc(-c3ccccc3)nc(-c3ccc4c(c3)oc3ccccc34)n2)cc(-c2ccccc2)c1-n1c2ccccc2c2cc3oc4ccccc4c3cc21. The van der Waals surface area contributed by atoms with Gasteiger partial charge < -0.3 is 13.4 Å². The zero-order valence-corrected chi connectivity index (χ0v) is 34.0. The maximum absolute atomic E-state index is 6.44. The molecule has 4 aromatic heterocycles. The summed E-state index contributed by atoms with van der Waals surface area (Å²) >= 11 is 0. The number of benzene rings is 8. The number of rotatable bonds is 8. The largest absolute Gasteiger partial charge is 0.456 e. The van der Waals surface area contributed by atoms with Gasteiger partial charge in [0.05, 0.1) is 16.7 Å². The Labute approximate surface area is 362 Å². The maximum Gasteiger partial charge on any atom is 0.164 e.